The summed E-state index contributed by atoms with van der Waals surface area (Å²) in [6.45, 7) is 8.16. The number of carbonyl (C=O) groups excluding carboxylic acids is 2. The van der Waals surface area contributed by atoms with Gasteiger partial charge in [-0.25, -0.2) is 9.59 Å². The quantitative estimate of drug-likeness (QED) is 0.651. The zero-order valence-corrected chi connectivity index (χ0v) is 21.6. The van der Waals surface area contributed by atoms with Crippen LogP contribution in [-0.4, -0.2) is 66.2 Å². The molecule has 2 saturated heterocycles. The molecule has 2 fully saturated rings. The van der Waals surface area contributed by atoms with Crippen molar-refractivity contribution in [1.29, 1.82) is 0 Å². The van der Waals surface area contributed by atoms with Gasteiger partial charge in [-0.3, -0.25) is 4.90 Å². The highest BCUT2D eigenvalue weighted by Gasteiger charge is 2.55. The number of fused-ring (bicyclic) bond motifs is 3. The molecular formula is C27H34N4O5. The minimum Gasteiger partial charge on any atom is -0.497 e. The number of benzene rings is 1. The summed E-state index contributed by atoms with van der Waals surface area (Å²) >= 11 is 0. The van der Waals surface area contributed by atoms with Gasteiger partial charge in [-0.05, 0) is 38.3 Å². The normalized spacial score (nSPS) is 20.6. The van der Waals surface area contributed by atoms with Gasteiger partial charge in [-0.2, -0.15) is 0 Å². The second-order valence-corrected chi connectivity index (χ2v) is 9.70. The van der Waals surface area contributed by atoms with Gasteiger partial charge in [0.15, 0.2) is 0 Å². The topological polar surface area (TPSA) is 87.5 Å². The van der Waals surface area contributed by atoms with Crippen LogP contribution in [0.2, 0.25) is 0 Å². The molecule has 1 spiro atoms. The van der Waals surface area contributed by atoms with Gasteiger partial charge in [-0.15, -0.1) is 0 Å². The smallest absolute Gasteiger partial charge is 0.325 e. The predicted octanol–water partition coefficient (Wildman–Crippen LogP) is 4.93. The molecule has 0 saturated carbocycles. The van der Waals surface area contributed by atoms with E-state index in [9.17, 15) is 9.59 Å². The third-order valence-corrected chi connectivity index (χ3v) is 7.89. The van der Waals surface area contributed by atoms with Crippen LogP contribution in [0, 0.1) is 6.92 Å². The molecule has 192 valence electrons. The second-order valence-electron chi connectivity index (χ2n) is 9.70. The molecule has 1 aromatic carbocycles. The van der Waals surface area contributed by atoms with Crippen molar-refractivity contribution in [2.75, 3.05) is 39.2 Å². The summed E-state index contributed by atoms with van der Waals surface area (Å²) in [5, 5.41) is 2.94. The average Bonchev–Trinajstić information content (AvgIpc) is 3.31. The number of carbonyl (C=O) groups is 2. The molecule has 36 heavy (non-hydrogen) atoms. The first kappa shape index (κ1) is 24.1. The number of furan rings is 1. The summed E-state index contributed by atoms with van der Waals surface area (Å²) in [4.78, 5) is 32.4. The van der Waals surface area contributed by atoms with E-state index in [1.165, 1.54) is 0 Å². The number of rotatable bonds is 4. The largest absolute Gasteiger partial charge is 0.497 e. The lowest BCUT2D eigenvalue weighted by molar-refractivity contribution is 0.106. The number of nitrogens with zero attached hydrogens (tertiary/aromatic N) is 3. The molecule has 1 N–H and O–H groups in total. The van der Waals surface area contributed by atoms with Crippen molar-refractivity contribution in [2.45, 2.75) is 51.6 Å². The molecule has 0 unspecified atom stereocenters. The number of aryl methyl sites for hydroxylation is 1. The number of anilines is 1. The van der Waals surface area contributed by atoms with Crippen LogP contribution in [0.4, 0.5) is 15.3 Å². The number of likely N-dealkylation sites (N-methyl/N-ethyl adjacent to an activating group) is 1. The summed E-state index contributed by atoms with van der Waals surface area (Å²) in [5.41, 5.74) is 3.38. The maximum absolute atomic E-state index is 13.7. The Labute approximate surface area is 211 Å². The first-order chi connectivity index (χ1) is 17.3. The minimum absolute atomic E-state index is 0.0116. The monoisotopic (exact) mass is 494 g/mol. The molecule has 0 radical (unpaired) electrons. The van der Waals surface area contributed by atoms with Crippen molar-refractivity contribution in [1.82, 2.24) is 14.7 Å². The number of hydrogen-bond acceptors (Lipinski definition) is 5. The molecule has 3 aliphatic heterocycles. The number of urea groups is 2. The molecule has 5 rings (SSSR count). The molecule has 0 aliphatic carbocycles. The Hall–Kier alpha value is -3.62. The van der Waals surface area contributed by atoms with Crippen LogP contribution in [0.3, 0.4) is 0 Å². The van der Waals surface area contributed by atoms with Gasteiger partial charge in [-0.1, -0.05) is 13.0 Å². The van der Waals surface area contributed by atoms with Gasteiger partial charge >= 0.3 is 12.1 Å². The minimum atomic E-state index is -0.443. The molecule has 4 heterocycles. The number of allylic oxidation sites excluding steroid dienone is 1. The predicted molar refractivity (Wildman–Crippen MR) is 135 cm³/mol. The standard InChI is InChI=1S/C27H34N4O5/c1-6-31-26(33)30-16-19-14-20(34-4)15-22(35-5)24(19)17(2)13-23(30)27(31)8-10-29(11-9-27)25(32)28-21-7-12-36-18(21)3/h7,12-15,17H,6,8-11,16H2,1-5H3,(H,28,32)/t17-/m0/s1. The fraction of sp³-hybridized carbons (Fsp3) is 0.481. The number of likely N-dealkylation sites (tertiary alicyclic amines) is 1. The molecule has 0 bridgehead atoms. The zero-order chi connectivity index (χ0) is 25.6. The number of methoxy groups -OCH3 is 2. The Morgan fingerprint density at radius 2 is 1.97 bits per heavy atom. The third kappa shape index (κ3) is 3.68. The maximum Gasteiger partial charge on any atom is 0.325 e. The summed E-state index contributed by atoms with van der Waals surface area (Å²) in [6.07, 6.45) is 5.14. The molecule has 2 aromatic rings. The Balaban J connectivity index is 1.45. The van der Waals surface area contributed by atoms with Crippen molar-refractivity contribution in [2.24, 2.45) is 0 Å². The summed E-state index contributed by atoms with van der Waals surface area (Å²) < 4.78 is 16.5. The molecule has 1 atom stereocenters. The van der Waals surface area contributed by atoms with E-state index >= 15 is 0 Å². The van der Waals surface area contributed by atoms with E-state index in [1.807, 2.05) is 40.7 Å². The molecule has 1 aromatic heterocycles. The number of hydrogen-bond donors (Lipinski definition) is 1. The van der Waals surface area contributed by atoms with Crippen LogP contribution >= 0.6 is 0 Å². The van der Waals surface area contributed by atoms with E-state index in [2.05, 4.69) is 18.3 Å². The van der Waals surface area contributed by atoms with E-state index < -0.39 is 5.54 Å². The second kappa shape index (κ2) is 9.11. The van der Waals surface area contributed by atoms with E-state index in [1.54, 1.807) is 26.5 Å². The van der Waals surface area contributed by atoms with E-state index in [0.29, 0.717) is 56.2 Å². The Kier molecular flexibility index (Phi) is 6.10. The van der Waals surface area contributed by atoms with Gasteiger partial charge < -0.3 is 29.0 Å². The van der Waals surface area contributed by atoms with Crippen LogP contribution in [0.5, 0.6) is 11.5 Å². The lowest BCUT2D eigenvalue weighted by Gasteiger charge is -2.44. The van der Waals surface area contributed by atoms with Crippen LogP contribution in [0.15, 0.2) is 40.7 Å². The number of nitrogens with one attached hydrogen (secondary N) is 1. The van der Waals surface area contributed by atoms with E-state index in [-0.39, 0.29) is 18.0 Å². The Morgan fingerprint density at radius 1 is 1.22 bits per heavy atom. The van der Waals surface area contributed by atoms with Crippen LogP contribution in [-0.2, 0) is 6.54 Å². The van der Waals surface area contributed by atoms with E-state index in [4.69, 9.17) is 13.9 Å². The van der Waals surface area contributed by atoms with Crippen molar-refractivity contribution < 1.29 is 23.5 Å². The van der Waals surface area contributed by atoms with Crippen molar-refractivity contribution in [3.63, 3.8) is 0 Å². The van der Waals surface area contributed by atoms with Crippen molar-refractivity contribution in [3.05, 3.63) is 53.1 Å². The highest BCUT2D eigenvalue weighted by atomic mass is 16.5. The number of amides is 4. The van der Waals surface area contributed by atoms with Crippen molar-refractivity contribution >= 4 is 17.7 Å². The van der Waals surface area contributed by atoms with Crippen LogP contribution in [0.25, 0.3) is 0 Å². The molecule has 3 aliphatic rings. The maximum atomic E-state index is 13.7. The average molecular weight is 495 g/mol. The van der Waals surface area contributed by atoms with Gasteiger partial charge in [0, 0.05) is 48.9 Å². The molecule has 9 heteroatoms. The van der Waals surface area contributed by atoms with Crippen LogP contribution in [0.1, 0.15) is 49.5 Å². The van der Waals surface area contributed by atoms with Crippen LogP contribution < -0.4 is 14.8 Å². The fourth-order valence-electron chi connectivity index (χ4n) is 6.05. The van der Waals surface area contributed by atoms with Gasteiger partial charge in [0.05, 0.1) is 38.3 Å². The summed E-state index contributed by atoms with van der Waals surface area (Å²) in [5.74, 6) is 2.20. The third-order valence-electron chi connectivity index (χ3n) is 7.89. The lowest BCUT2D eigenvalue weighted by atomic mass is 9.82. The molecule has 4 amide bonds. The fourth-order valence-corrected chi connectivity index (χ4v) is 6.05. The van der Waals surface area contributed by atoms with Gasteiger partial charge in [0.2, 0.25) is 0 Å². The first-order valence-corrected chi connectivity index (χ1v) is 12.5. The lowest BCUT2D eigenvalue weighted by Crippen LogP contribution is -2.55. The number of piperidine rings is 1. The van der Waals surface area contributed by atoms with Gasteiger partial charge in [0.1, 0.15) is 17.3 Å². The summed E-state index contributed by atoms with van der Waals surface area (Å²) in [7, 11) is 3.30. The van der Waals surface area contributed by atoms with Gasteiger partial charge in [0.25, 0.3) is 0 Å². The Morgan fingerprint density at radius 3 is 2.58 bits per heavy atom. The zero-order valence-electron chi connectivity index (χ0n) is 21.6. The first-order valence-electron chi connectivity index (χ1n) is 12.5. The SMILES string of the molecule is CCN1C(=O)N2Cc3cc(OC)cc(OC)c3[C@@H](C)C=C2C12CCN(C(=O)Nc1ccoc1C)CC2. The molecular weight excluding hydrogens is 460 g/mol. The summed E-state index contributed by atoms with van der Waals surface area (Å²) in [6, 6.07) is 5.52. The molecule has 9 nitrogen and oxygen atoms in total. The highest BCUT2D eigenvalue weighted by molar-refractivity contribution is 5.90. The van der Waals surface area contributed by atoms with Crippen molar-refractivity contribution in [3.8, 4) is 11.5 Å². The Bertz CT molecular complexity index is 1210. The number of ether oxygens (including phenoxy) is 2. The van der Waals surface area contributed by atoms with E-state index in [0.717, 1.165) is 22.6 Å². The highest BCUT2D eigenvalue weighted by Crippen LogP contribution is 2.49.